The normalized spacial score (nSPS) is 12.1. The van der Waals surface area contributed by atoms with Gasteiger partial charge in [-0.05, 0) is 12.1 Å². The Labute approximate surface area is 113 Å². The molecule has 0 aliphatic carbocycles. The number of benzene rings is 1. The molecule has 1 unspecified atom stereocenters. The van der Waals surface area contributed by atoms with Crippen molar-refractivity contribution in [3.63, 3.8) is 0 Å². The van der Waals surface area contributed by atoms with E-state index in [4.69, 9.17) is 20.1 Å². The van der Waals surface area contributed by atoms with Crippen LogP contribution in [0.3, 0.4) is 0 Å². The molecule has 0 aliphatic rings. The molecule has 106 valence electrons. The summed E-state index contributed by atoms with van der Waals surface area (Å²) in [6, 6.07) is 5.73. The van der Waals surface area contributed by atoms with E-state index >= 15 is 0 Å². The Balaban J connectivity index is 2.42. The number of hydrogen-bond donors (Lipinski definition) is 3. The molecule has 0 saturated heterocycles. The topological polar surface area (TPSA) is 119 Å². The Morgan fingerprint density at radius 2 is 2.30 bits per heavy atom. The van der Waals surface area contributed by atoms with Gasteiger partial charge in [0.15, 0.2) is 5.76 Å². The number of methoxy groups -OCH3 is 1. The highest BCUT2D eigenvalue weighted by molar-refractivity contribution is 5.74. The molecule has 0 fully saturated rings. The number of hydrogen-bond acceptors (Lipinski definition) is 5. The van der Waals surface area contributed by atoms with Crippen LogP contribution in [-0.4, -0.2) is 29.4 Å². The maximum Gasteiger partial charge on any atom is 0.320 e. The summed E-state index contributed by atoms with van der Waals surface area (Å²) in [7, 11) is 1.52. The van der Waals surface area contributed by atoms with Crippen molar-refractivity contribution in [3.8, 4) is 17.1 Å². The fourth-order valence-electron chi connectivity index (χ4n) is 1.81. The van der Waals surface area contributed by atoms with Gasteiger partial charge >= 0.3 is 5.97 Å². The fraction of sp³-hybridized carbons (Fsp3) is 0.231. The minimum absolute atomic E-state index is 0.117. The van der Waals surface area contributed by atoms with E-state index in [0.717, 1.165) is 0 Å². The smallest absolute Gasteiger partial charge is 0.320 e. The van der Waals surface area contributed by atoms with Gasteiger partial charge in [0.1, 0.15) is 11.8 Å². The van der Waals surface area contributed by atoms with Crippen LogP contribution in [0.1, 0.15) is 5.56 Å². The molecule has 7 heteroatoms. The van der Waals surface area contributed by atoms with Gasteiger partial charge in [-0.15, -0.1) is 0 Å². The first-order valence-corrected chi connectivity index (χ1v) is 5.86. The van der Waals surface area contributed by atoms with E-state index in [-0.39, 0.29) is 17.7 Å². The van der Waals surface area contributed by atoms with Crippen LogP contribution < -0.4 is 16.0 Å². The van der Waals surface area contributed by atoms with Crippen molar-refractivity contribution in [1.82, 2.24) is 5.16 Å². The van der Waals surface area contributed by atoms with Crippen molar-refractivity contribution >= 4 is 5.97 Å². The lowest BCUT2D eigenvalue weighted by Crippen LogP contribution is -2.33. The predicted molar refractivity (Wildman–Crippen MR) is 70.6 cm³/mol. The van der Waals surface area contributed by atoms with Gasteiger partial charge in [0.2, 0.25) is 0 Å². The Morgan fingerprint density at radius 1 is 1.55 bits per heavy atom. The number of rotatable bonds is 5. The van der Waals surface area contributed by atoms with Gasteiger partial charge in [-0.2, -0.15) is 5.16 Å². The van der Waals surface area contributed by atoms with Gasteiger partial charge in [0, 0.05) is 12.0 Å². The molecule has 4 N–H and O–H groups in total. The number of carbonyl (C=O) groups is 1. The summed E-state index contributed by atoms with van der Waals surface area (Å²) in [6.45, 7) is 0. The summed E-state index contributed by atoms with van der Waals surface area (Å²) in [6.07, 6.45) is -0.117. The first-order valence-electron chi connectivity index (χ1n) is 5.86. The zero-order valence-electron chi connectivity index (χ0n) is 10.8. The van der Waals surface area contributed by atoms with Gasteiger partial charge < -0.3 is 20.1 Å². The van der Waals surface area contributed by atoms with Crippen molar-refractivity contribution in [3.05, 3.63) is 40.2 Å². The van der Waals surface area contributed by atoms with Crippen LogP contribution in [0.25, 0.3) is 11.3 Å². The molecule has 1 aromatic heterocycles. The SMILES string of the molecule is COc1cccc(-c2o[nH]c(=O)c2CC(N)C(=O)O)c1. The summed E-state index contributed by atoms with van der Waals surface area (Å²) < 4.78 is 10.2. The largest absolute Gasteiger partial charge is 0.497 e. The lowest BCUT2D eigenvalue weighted by molar-refractivity contribution is -0.138. The summed E-state index contributed by atoms with van der Waals surface area (Å²) in [5, 5.41) is 11.0. The Bertz CT molecular complexity index is 673. The fourth-order valence-corrected chi connectivity index (χ4v) is 1.81. The molecular weight excluding hydrogens is 264 g/mol. The van der Waals surface area contributed by atoms with Crippen LogP contribution in [0.5, 0.6) is 5.75 Å². The number of aromatic nitrogens is 1. The highest BCUT2D eigenvalue weighted by Gasteiger charge is 2.21. The molecular formula is C13H14N2O5. The monoisotopic (exact) mass is 278 g/mol. The van der Waals surface area contributed by atoms with Crippen molar-refractivity contribution in [2.24, 2.45) is 5.73 Å². The first kappa shape index (κ1) is 13.9. The maximum atomic E-state index is 11.7. The molecule has 0 spiro atoms. The van der Waals surface area contributed by atoms with Crippen LogP contribution in [0, 0.1) is 0 Å². The average Bonchev–Trinajstić information content (AvgIpc) is 2.80. The summed E-state index contributed by atoms with van der Waals surface area (Å²) >= 11 is 0. The third-order valence-electron chi connectivity index (χ3n) is 2.87. The van der Waals surface area contributed by atoms with Crippen molar-refractivity contribution < 1.29 is 19.2 Å². The molecule has 20 heavy (non-hydrogen) atoms. The van der Waals surface area contributed by atoms with Crippen molar-refractivity contribution in [2.75, 3.05) is 7.11 Å². The van der Waals surface area contributed by atoms with Crippen LogP contribution in [0.2, 0.25) is 0 Å². The number of nitrogens with two attached hydrogens (primary N) is 1. The van der Waals surface area contributed by atoms with E-state index in [9.17, 15) is 9.59 Å². The van der Waals surface area contributed by atoms with Gasteiger partial charge in [0.25, 0.3) is 5.56 Å². The van der Waals surface area contributed by atoms with Crippen molar-refractivity contribution in [1.29, 1.82) is 0 Å². The first-order chi connectivity index (χ1) is 9.52. The second-order valence-electron chi connectivity index (χ2n) is 4.22. The van der Waals surface area contributed by atoms with Crippen LogP contribution >= 0.6 is 0 Å². The van der Waals surface area contributed by atoms with Gasteiger partial charge in [-0.3, -0.25) is 9.59 Å². The Hall–Kier alpha value is -2.54. The van der Waals surface area contributed by atoms with Gasteiger partial charge in [-0.25, -0.2) is 0 Å². The third-order valence-corrected chi connectivity index (χ3v) is 2.87. The minimum atomic E-state index is -1.18. The Kier molecular flexibility index (Phi) is 3.90. The molecule has 1 heterocycles. The zero-order chi connectivity index (χ0) is 14.7. The summed E-state index contributed by atoms with van der Waals surface area (Å²) in [4.78, 5) is 22.5. The Morgan fingerprint density at radius 3 is 2.95 bits per heavy atom. The molecule has 2 rings (SSSR count). The van der Waals surface area contributed by atoms with Crippen LogP contribution in [0.4, 0.5) is 0 Å². The molecule has 1 aromatic carbocycles. The predicted octanol–water partition coefficient (Wildman–Crippen LogP) is 0.598. The summed E-state index contributed by atoms with van der Waals surface area (Å²) in [5.41, 5.74) is 5.78. The third kappa shape index (κ3) is 2.72. The summed E-state index contributed by atoms with van der Waals surface area (Å²) in [5.74, 6) is -0.312. The average molecular weight is 278 g/mol. The molecule has 0 radical (unpaired) electrons. The van der Waals surface area contributed by atoms with Crippen molar-refractivity contribution in [2.45, 2.75) is 12.5 Å². The van der Waals surface area contributed by atoms with Crippen LogP contribution in [0.15, 0.2) is 33.6 Å². The van der Waals surface area contributed by atoms with Gasteiger partial charge in [0.05, 0.1) is 12.7 Å². The quantitative estimate of drug-likeness (QED) is 0.736. The molecule has 0 bridgehead atoms. The molecule has 7 nitrogen and oxygen atoms in total. The van der Waals surface area contributed by atoms with E-state index in [1.54, 1.807) is 24.3 Å². The number of ether oxygens (including phenoxy) is 1. The van der Waals surface area contributed by atoms with E-state index in [1.165, 1.54) is 7.11 Å². The highest BCUT2D eigenvalue weighted by Crippen LogP contribution is 2.25. The van der Waals surface area contributed by atoms with E-state index in [1.807, 2.05) is 0 Å². The minimum Gasteiger partial charge on any atom is -0.497 e. The molecule has 0 amide bonds. The van der Waals surface area contributed by atoms with Gasteiger partial charge in [-0.1, -0.05) is 12.1 Å². The number of H-pyrrole nitrogens is 1. The lowest BCUT2D eigenvalue weighted by Gasteiger charge is -2.06. The number of aromatic amines is 1. The maximum absolute atomic E-state index is 11.7. The molecule has 2 aromatic rings. The number of nitrogens with one attached hydrogen (secondary N) is 1. The molecule has 1 atom stereocenters. The zero-order valence-corrected chi connectivity index (χ0v) is 10.8. The standard InChI is InChI=1S/C13H14N2O5/c1-19-8-4-2-3-7(5-8)11-9(12(16)15-20-11)6-10(14)13(17)18/h2-5,10H,6,14H2,1H3,(H,15,16)(H,17,18). The van der Waals surface area contributed by atoms with E-state index in [2.05, 4.69) is 5.16 Å². The van der Waals surface area contributed by atoms with E-state index in [0.29, 0.717) is 11.3 Å². The number of carboxylic acid groups (broad SMARTS) is 1. The highest BCUT2D eigenvalue weighted by atomic mass is 16.5. The van der Waals surface area contributed by atoms with E-state index < -0.39 is 17.6 Å². The number of aliphatic carboxylic acids is 1. The van der Waals surface area contributed by atoms with Crippen LogP contribution in [-0.2, 0) is 11.2 Å². The second-order valence-corrected chi connectivity index (χ2v) is 4.22. The lowest BCUT2D eigenvalue weighted by atomic mass is 10.0. The molecule has 0 aliphatic heterocycles. The number of carboxylic acids is 1. The second kappa shape index (κ2) is 5.62. The molecule has 0 saturated carbocycles.